The van der Waals surface area contributed by atoms with Gasteiger partial charge < -0.3 is 15.5 Å². The van der Waals surface area contributed by atoms with E-state index in [1.165, 1.54) is 6.20 Å². The summed E-state index contributed by atoms with van der Waals surface area (Å²) in [7, 11) is 0. The van der Waals surface area contributed by atoms with Crippen molar-refractivity contribution in [1.29, 1.82) is 0 Å². The summed E-state index contributed by atoms with van der Waals surface area (Å²) in [5, 5.41) is 25.2. The van der Waals surface area contributed by atoms with Gasteiger partial charge in [-0.1, -0.05) is 4.49 Å². The molecule has 1 aromatic heterocycles. The van der Waals surface area contributed by atoms with Crippen LogP contribution in [-0.2, 0) is 9.59 Å². The number of carbonyl (C=O) groups is 3. The van der Waals surface area contributed by atoms with Gasteiger partial charge >= 0.3 is 18.0 Å². The molecule has 0 aliphatic rings. The van der Waals surface area contributed by atoms with E-state index < -0.39 is 30.4 Å². The van der Waals surface area contributed by atoms with Crippen LogP contribution >= 0.6 is 11.5 Å². The van der Waals surface area contributed by atoms with Gasteiger partial charge in [0, 0.05) is 11.5 Å². The first-order chi connectivity index (χ1) is 7.99. The Kier molecular flexibility index (Phi) is 4.34. The van der Waals surface area contributed by atoms with Crippen molar-refractivity contribution in [3.05, 3.63) is 6.20 Å². The molecule has 9 nitrogen and oxygen atoms in total. The van der Waals surface area contributed by atoms with Gasteiger partial charge in [0.2, 0.25) is 0 Å². The fourth-order valence-corrected chi connectivity index (χ4v) is 1.32. The first-order valence-electron chi connectivity index (χ1n) is 4.28. The van der Waals surface area contributed by atoms with E-state index in [1.54, 1.807) is 0 Å². The largest absolute Gasteiger partial charge is 0.481 e. The lowest BCUT2D eigenvalue weighted by atomic mass is 10.2. The van der Waals surface area contributed by atoms with E-state index in [0.29, 0.717) is 5.00 Å². The molecule has 0 fully saturated rings. The number of nitrogens with one attached hydrogen (secondary N) is 2. The number of nitrogens with zero attached hydrogens (tertiary/aromatic N) is 2. The quantitative estimate of drug-likeness (QED) is 0.563. The van der Waals surface area contributed by atoms with Crippen LogP contribution in [0.1, 0.15) is 6.42 Å². The van der Waals surface area contributed by atoms with Gasteiger partial charge in [0.1, 0.15) is 11.0 Å². The van der Waals surface area contributed by atoms with Crippen LogP contribution in [0, 0.1) is 0 Å². The molecular formula is C7H8N4O5S. The van der Waals surface area contributed by atoms with Crippen molar-refractivity contribution >= 4 is 34.5 Å². The SMILES string of the molecule is O=C(O)C[C@H](NC(=O)Nc1cnns1)C(=O)O. The molecule has 0 radical (unpaired) electrons. The average molecular weight is 260 g/mol. The number of aliphatic carboxylic acids is 2. The Morgan fingerprint density at radius 3 is 2.59 bits per heavy atom. The van der Waals surface area contributed by atoms with Crippen molar-refractivity contribution in [3.63, 3.8) is 0 Å². The maximum Gasteiger partial charge on any atom is 0.326 e. The lowest BCUT2D eigenvalue weighted by Crippen LogP contribution is -2.44. The topological polar surface area (TPSA) is 142 Å². The van der Waals surface area contributed by atoms with Crippen molar-refractivity contribution < 1.29 is 24.6 Å². The van der Waals surface area contributed by atoms with Crippen molar-refractivity contribution in [2.45, 2.75) is 12.5 Å². The molecule has 1 aromatic rings. The summed E-state index contributed by atoms with van der Waals surface area (Å²) in [6.45, 7) is 0. The molecule has 17 heavy (non-hydrogen) atoms. The minimum absolute atomic E-state index is 0.321. The first-order valence-corrected chi connectivity index (χ1v) is 5.06. The Labute approximate surface area is 98.6 Å². The number of carboxylic acid groups (broad SMARTS) is 2. The fourth-order valence-electron chi connectivity index (χ4n) is 0.903. The van der Waals surface area contributed by atoms with E-state index in [9.17, 15) is 14.4 Å². The number of hydrogen-bond donors (Lipinski definition) is 4. The lowest BCUT2D eigenvalue weighted by Gasteiger charge is -2.11. The normalized spacial score (nSPS) is 11.5. The van der Waals surface area contributed by atoms with Gasteiger partial charge in [-0.3, -0.25) is 10.1 Å². The third kappa shape index (κ3) is 4.42. The van der Waals surface area contributed by atoms with E-state index in [1.807, 2.05) is 5.32 Å². The van der Waals surface area contributed by atoms with Gasteiger partial charge in [0.25, 0.3) is 0 Å². The van der Waals surface area contributed by atoms with Gasteiger partial charge in [-0.25, -0.2) is 9.59 Å². The molecule has 0 saturated carbocycles. The second-order valence-corrected chi connectivity index (χ2v) is 3.65. The van der Waals surface area contributed by atoms with E-state index in [4.69, 9.17) is 10.2 Å². The molecule has 92 valence electrons. The molecule has 0 aromatic carbocycles. The maximum absolute atomic E-state index is 11.3. The van der Waals surface area contributed by atoms with Crippen molar-refractivity contribution in [2.75, 3.05) is 5.32 Å². The second kappa shape index (κ2) is 5.75. The smallest absolute Gasteiger partial charge is 0.326 e. The Bertz CT molecular complexity index is 420. The highest BCUT2D eigenvalue weighted by molar-refractivity contribution is 7.10. The van der Waals surface area contributed by atoms with Crippen LogP contribution in [0.3, 0.4) is 0 Å². The van der Waals surface area contributed by atoms with E-state index in [-0.39, 0.29) is 0 Å². The van der Waals surface area contributed by atoms with Crippen LogP contribution in [0.25, 0.3) is 0 Å². The minimum atomic E-state index is -1.49. The summed E-state index contributed by atoms with van der Waals surface area (Å²) < 4.78 is 3.48. The summed E-state index contributed by atoms with van der Waals surface area (Å²) in [5.74, 6) is -2.75. The first kappa shape index (κ1) is 12.8. The van der Waals surface area contributed by atoms with E-state index >= 15 is 0 Å². The third-order valence-electron chi connectivity index (χ3n) is 1.58. The van der Waals surface area contributed by atoms with Crippen LogP contribution < -0.4 is 10.6 Å². The van der Waals surface area contributed by atoms with Crippen molar-refractivity contribution in [3.8, 4) is 0 Å². The zero-order valence-electron chi connectivity index (χ0n) is 8.28. The number of carbonyl (C=O) groups excluding carboxylic acids is 1. The number of carboxylic acids is 2. The van der Waals surface area contributed by atoms with E-state index in [2.05, 4.69) is 14.9 Å². The van der Waals surface area contributed by atoms with E-state index in [0.717, 1.165) is 11.5 Å². The number of urea groups is 1. The summed E-state index contributed by atoms with van der Waals surface area (Å²) in [6.07, 6.45) is 0.570. The lowest BCUT2D eigenvalue weighted by molar-refractivity contribution is -0.145. The molecule has 1 heterocycles. The predicted molar refractivity (Wildman–Crippen MR) is 55.7 cm³/mol. The second-order valence-electron chi connectivity index (χ2n) is 2.87. The molecule has 2 amide bonds. The van der Waals surface area contributed by atoms with Crippen molar-refractivity contribution in [1.82, 2.24) is 14.9 Å². The molecule has 0 aliphatic heterocycles. The molecule has 0 unspecified atom stereocenters. The third-order valence-corrected chi connectivity index (χ3v) is 2.16. The highest BCUT2D eigenvalue weighted by Crippen LogP contribution is 2.08. The molecular weight excluding hydrogens is 252 g/mol. The Morgan fingerprint density at radius 1 is 1.41 bits per heavy atom. The number of anilines is 1. The minimum Gasteiger partial charge on any atom is -0.481 e. The fraction of sp³-hybridized carbons (Fsp3) is 0.286. The molecule has 0 aliphatic carbocycles. The van der Waals surface area contributed by atoms with Gasteiger partial charge in [-0.2, -0.15) is 0 Å². The zero-order chi connectivity index (χ0) is 12.8. The molecule has 4 N–H and O–H groups in total. The summed E-state index contributed by atoms with van der Waals surface area (Å²) in [4.78, 5) is 32.3. The molecule has 0 spiro atoms. The standard InChI is InChI=1S/C7H8N4O5S/c12-5(13)1-3(6(14)15)9-7(16)10-4-2-8-11-17-4/h2-3H,1H2,(H,12,13)(H,14,15)(H2,9,10,16)/t3-/m0/s1. The van der Waals surface area contributed by atoms with Gasteiger partial charge in [-0.05, 0) is 0 Å². The number of aromatic nitrogens is 2. The maximum atomic E-state index is 11.3. The van der Waals surface area contributed by atoms with Crippen LogP contribution in [0.4, 0.5) is 9.80 Å². The molecule has 10 heteroatoms. The summed E-state index contributed by atoms with van der Waals surface area (Å²) >= 11 is 0.904. The number of amides is 2. The van der Waals surface area contributed by atoms with Gasteiger partial charge in [0.05, 0.1) is 12.6 Å². The molecule has 0 saturated heterocycles. The molecule has 1 rings (SSSR count). The number of hydrogen-bond acceptors (Lipinski definition) is 6. The Hall–Kier alpha value is -2.23. The highest BCUT2D eigenvalue weighted by Gasteiger charge is 2.23. The van der Waals surface area contributed by atoms with Crippen LogP contribution in [0.5, 0.6) is 0 Å². The monoisotopic (exact) mass is 260 g/mol. The van der Waals surface area contributed by atoms with Crippen LogP contribution in [0.2, 0.25) is 0 Å². The van der Waals surface area contributed by atoms with Crippen LogP contribution in [0.15, 0.2) is 6.20 Å². The Balaban J connectivity index is 2.52. The average Bonchev–Trinajstić information content (AvgIpc) is 2.68. The molecule has 0 bridgehead atoms. The highest BCUT2D eigenvalue weighted by atomic mass is 32.1. The van der Waals surface area contributed by atoms with Gasteiger partial charge in [0.15, 0.2) is 0 Å². The summed E-state index contributed by atoms with van der Waals surface area (Å²) in [5.41, 5.74) is 0. The van der Waals surface area contributed by atoms with Crippen LogP contribution in [-0.4, -0.2) is 43.8 Å². The summed E-state index contributed by atoms with van der Waals surface area (Å²) in [6, 6.07) is -2.32. The van der Waals surface area contributed by atoms with Gasteiger partial charge in [-0.15, -0.1) is 5.10 Å². The van der Waals surface area contributed by atoms with Crippen molar-refractivity contribution in [2.24, 2.45) is 0 Å². The predicted octanol–water partition coefficient (Wildman–Crippen LogP) is -0.413. The molecule has 1 atom stereocenters. The number of rotatable bonds is 5. The Morgan fingerprint density at radius 2 is 2.12 bits per heavy atom. The zero-order valence-corrected chi connectivity index (χ0v) is 9.10.